The Bertz CT molecular complexity index is 321. The largest absolute Gasteiger partial charge is 1.00 e. The van der Waals surface area contributed by atoms with Crippen LogP contribution in [0.15, 0.2) is 0 Å². The van der Waals surface area contributed by atoms with Crippen LogP contribution in [0.4, 0.5) is 0 Å². The average molecular weight is 385 g/mol. The van der Waals surface area contributed by atoms with Gasteiger partial charge in [0, 0.05) is 11.5 Å². The third-order valence-electron chi connectivity index (χ3n) is 1.66. The molecule has 0 saturated heterocycles. The molecule has 0 amide bonds. The summed E-state index contributed by atoms with van der Waals surface area (Å²) in [5.41, 5.74) is -1.07. The van der Waals surface area contributed by atoms with Gasteiger partial charge in [0.15, 0.2) is 0 Å². The molecular weight excluding hydrogens is 372 g/mol. The summed E-state index contributed by atoms with van der Waals surface area (Å²) >= 11 is 3.04. The second-order valence-corrected chi connectivity index (χ2v) is 7.44. The molecule has 0 aromatic carbocycles. The fraction of sp³-hybridized carbons (Fsp3) is 1.00. The topological polar surface area (TPSA) is 130 Å². The molecule has 18 heavy (non-hydrogen) atoms. The molecule has 0 aliphatic carbocycles. The number of rotatable bonds is 7. The Balaban J connectivity index is -0.00000112. The van der Waals surface area contributed by atoms with Gasteiger partial charge in [0.2, 0.25) is 0 Å². The molecule has 12 heteroatoms. The van der Waals surface area contributed by atoms with Gasteiger partial charge < -0.3 is 24.4 Å². The molecular formula is C6H13BrNa2O7P2. The van der Waals surface area contributed by atoms with Crippen LogP contribution in [0.2, 0.25) is 0 Å². The second kappa shape index (κ2) is 10.5. The van der Waals surface area contributed by atoms with Gasteiger partial charge >= 0.3 is 59.1 Å². The Morgan fingerprint density at radius 2 is 1.78 bits per heavy atom. The fourth-order valence-electron chi connectivity index (χ4n) is 0.918. The average Bonchev–Trinajstić information content (AvgIpc) is 1.98. The molecule has 0 saturated carbocycles. The predicted molar refractivity (Wildman–Crippen MR) is 57.0 cm³/mol. The molecule has 7 nitrogen and oxygen atoms in total. The van der Waals surface area contributed by atoms with Gasteiger partial charge in [-0.1, -0.05) is 15.9 Å². The van der Waals surface area contributed by atoms with Crippen molar-refractivity contribution in [2.45, 2.75) is 25.4 Å². The van der Waals surface area contributed by atoms with Gasteiger partial charge in [0.1, 0.15) is 7.60 Å². The summed E-state index contributed by atoms with van der Waals surface area (Å²) in [5, 5.41) is 9.78. The smallest absolute Gasteiger partial charge is 0.778 e. The minimum Gasteiger partial charge on any atom is -0.778 e. The number of halogens is 1. The number of phosphoric acid groups is 1. The summed E-state index contributed by atoms with van der Waals surface area (Å²) in [6.07, 6.45) is -0.384. The van der Waals surface area contributed by atoms with Crippen molar-refractivity contribution >= 4 is 31.3 Å². The van der Waals surface area contributed by atoms with Crippen LogP contribution >= 0.6 is 31.3 Å². The van der Waals surface area contributed by atoms with E-state index < -0.39 is 27.2 Å². The van der Waals surface area contributed by atoms with Gasteiger partial charge in [-0.3, -0.25) is 8.88 Å². The van der Waals surface area contributed by atoms with Crippen LogP contribution in [0.3, 0.4) is 0 Å². The van der Waals surface area contributed by atoms with Crippen molar-refractivity contribution in [1.29, 1.82) is 0 Å². The van der Waals surface area contributed by atoms with Crippen LogP contribution in [0, 0.1) is 0 Å². The molecule has 0 radical (unpaired) electrons. The zero-order valence-electron chi connectivity index (χ0n) is 10.5. The first kappa shape index (κ1) is 25.7. The molecule has 0 rings (SSSR count). The third-order valence-corrected chi connectivity index (χ3v) is 5.56. The van der Waals surface area contributed by atoms with E-state index in [0.717, 1.165) is 0 Å². The van der Waals surface area contributed by atoms with Crippen LogP contribution in [-0.4, -0.2) is 27.1 Å². The van der Waals surface area contributed by atoms with Crippen LogP contribution in [0.25, 0.3) is 0 Å². The van der Waals surface area contributed by atoms with Crippen molar-refractivity contribution in [3.63, 3.8) is 0 Å². The van der Waals surface area contributed by atoms with E-state index in [-0.39, 0.29) is 77.3 Å². The number of hydrogen-bond donors (Lipinski definition) is 2. The summed E-state index contributed by atoms with van der Waals surface area (Å²) in [6, 6.07) is 0. The quantitative estimate of drug-likeness (QED) is 0.254. The molecule has 0 aromatic rings. The van der Waals surface area contributed by atoms with E-state index >= 15 is 0 Å². The van der Waals surface area contributed by atoms with E-state index in [9.17, 15) is 24.0 Å². The summed E-state index contributed by atoms with van der Waals surface area (Å²) in [4.78, 5) is 29.4. The standard InChI is InChI=1S/C6H15BrO7P2.2Na/c1-6(8,5-7)3-2-4-15(9,10)14-16(11,12)13;;/h8H,2-5H2,1H3,(H,9,10)(H2,11,12,13);;/q;2*+1/p-2. The Morgan fingerprint density at radius 3 is 2.11 bits per heavy atom. The molecule has 0 fully saturated rings. The van der Waals surface area contributed by atoms with E-state index in [1.807, 2.05) is 0 Å². The molecule has 0 bridgehead atoms. The summed E-state index contributed by atoms with van der Waals surface area (Å²) in [7, 11) is -9.89. The zero-order valence-corrected chi connectivity index (χ0v) is 17.9. The van der Waals surface area contributed by atoms with E-state index in [0.29, 0.717) is 0 Å². The number of hydrogen-bond acceptors (Lipinski definition) is 6. The van der Waals surface area contributed by atoms with Gasteiger partial charge in [-0.15, -0.1) is 0 Å². The maximum Gasteiger partial charge on any atom is 1.00 e. The van der Waals surface area contributed by atoms with Crippen molar-refractivity contribution in [1.82, 2.24) is 0 Å². The Labute approximate surface area is 159 Å². The minimum absolute atomic E-state index is 0. The van der Waals surface area contributed by atoms with Crippen LogP contribution in [-0.2, 0) is 13.4 Å². The molecule has 0 aliphatic heterocycles. The first-order valence-electron chi connectivity index (χ1n) is 4.31. The number of alkyl halides is 1. The van der Waals surface area contributed by atoms with E-state index in [1.54, 1.807) is 0 Å². The molecule has 0 spiro atoms. The Morgan fingerprint density at radius 1 is 1.33 bits per heavy atom. The van der Waals surface area contributed by atoms with Crippen molar-refractivity contribution in [3.05, 3.63) is 0 Å². The SMILES string of the molecule is CC(O)(CBr)CCCP(=O)([O-])OP(=O)([O-])O.[Na+].[Na+]. The maximum atomic E-state index is 11.0. The first-order valence-corrected chi connectivity index (χ1v) is 8.65. The van der Waals surface area contributed by atoms with Gasteiger partial charge in [-0.25, -0.2) is 0 Å². The molecule has 0 heterocycles. The van der Waals surface area contributed by atoms with Crippen LogP contribution in [0.1, 0.15) is 19.8 Å². The molecule has 98 valence electrons. The molecule has 0 aromatic heterocycles. The Kier molecular flexibility index (Phi) is 14.9. The molecule has 3 unspecified atom stereocenters. The molecule has 3 atom stereocenters. The third kappa shape index (κ3) is 15.1. The maximum absolute atomic E-state index is 11.0. The predicted octanol–water partition coefficient (Wildman–Crippen LogP) is -6.05. The fourth-order valence-corrected chi connectivity index (χ4v) is 3.33. The van der Waals surface area contributed by atoms with E-state index in [4.69, 9.17) is 4.89 Å². The summed E-state index contributed by atoms with van der Waals surface area (Å²) < 4.78 is 24.7. The molecule has 0 aliphatic rings. The molecule has 2 N–H and O–H groups in total. The van der Waals surface area contributed by atoms with Gasteiger partial charge in [-0.05, 0) is 19.8 Å². The van der Waals surface area contributed by atoms with Gasteiger partial charge in [0.25, 0.3) is 7.82 Å². The van der Waals surface area contributed by atoms with Crippen molar-refractivity contribution in [2.24, 2.45) is 0 Å². The summed E-state index contributed by atoms with van der Waals surface area (Å²) in [6.45, 7) is 1.50. The minimum atomic E-state index is -5.27. The second-order valence-electron chi connectivity index (χ2n) is 3.62. The Hall–Kier alpha value is 2.74. The van der Waals surface area contributed by atoms with E-state index in [1.165, 1.54) is 6.92 Å². The summed E-state index contributed by atoms with van der Waals surface area (Å²) in [5.74, 6) is 0. The zero-order chi connectivity index (χ0) is 13.0. The van der Waals surface area contributed by atoms with Gasteiger partial charge in [-0.2, -0.15) is 0 Å². The van der Waals surface area contributed by atoms with Crippen molar-refractivity contribution in [2.75, 3.05) is 11.5 Å². The van der Waals surface area contributed by atoms with Crippen LogP contribution in [0.5, 0.6) is 0 Å². The number of aliphatic hydroxyl groups is 1. The first-order chi connectivity index (χ1) is 6.97. The van der Waals surface area contributed by atoms with Crippen LogP contribution < -0.4 is 68.9 Å². The normalized spacial score (nSPS) is 20.6. The van der Waals surface area contributed by atoms with Crippen molar-refractivity contribution < 1.29 is 92.3 Å². The monoisotopic (exact) mass is 384 g/mol. The van der Waals surface area contributed by atoms with Crippen molar-refractivity contribution in [3.8, 4) is 0 Å². The van der Waals surface area contributed by atoms with Gasteiger partial charge in [0.05, 0.1) is 5.60 Å². The van der Waals surface area contributed by atoms with E-state index in [2.05, 4.69) is 20.2 Å².